The Balaban J connectivity index is 1.78. The number of hydrogen-bond donors (Lipinski definition) is 0. The van der Waals surface area contributed by atoms with Crippen molar-refractivity contribution in [1.82, 2.24) is 19.7 Å². The molecule has 6 nitrogen and oxygen atoms in total. The maximum atomic E-state index is 12.5. The average molecular weight is 348 g/mol. The number of rotatable bonds is 8. The molecule has 2 aromatic heterocycles. The van der Waals surface area contributed by atoms with Crippen LogP contribution in [0.4, 0.5) is 0 Å². The molecule has 2 heterocycles. The van der Waals surface area contributed by atoms with Crippen LogP contribution in [0.2, 0.25) is 0 Å². The minimum atomic E-state index is -0.184. The molecular weight excluding hydrogens is 324 g/mol. The second kappa shape index (κ2) is 7.42. The molecule has 130 valence electrons. The molecule has 0 N–H and O–H groups in total. The van der Waals surface area contributed by atoms with E-state index in [-0.39, 0.29) is 11.2 Å². The zero-order valence-electron chi connectivity index (χ0n) is 14.4. The van der Waals surface area contributed by atoms with Crippen LogP contribution >= 0.6 is 11.8 Å². The summed E-state index contributed by atoms with van der Waals surface area (Å²) in [5.41, 5.74) is 0. The van der Waals surface area contributed by atoms with Crippen LogP contribution < -0.4 is 0 Å². The predicted octanol–water partition coefficient (Wildman–Crippen LogP) is 3.15. The van der Waals surface area contributed by atoms with E-state index in [1.165, 1.54) is 11.8 Å². The van der Waals surface area contributed by atoms with Crippen molar-refractivity contribution in [2.45, 2.75) is 56.5 Å². The van der Waals surface area contributed by atoms with Crippen molar-refractivity contribution < 1.29 is 9.21 Å². The number of furan rings is 1. The van der Waals surface area contributed by atoms with Crippen molar-refractivity contribution in [3.63, 3.8) is 0 Å². The maximum Gasteiger partial charge on any atom is 0.235 e. The van der Waals surface area contributed by atoms with Gasteiger partial charge in [0.2, 0.25) is 5.91 Å². The van der Waals surface area contributed by atoms with E-state index in [0.29, 0.717) is 12.5 Å². The molecule has 1 atom stereocenters. The largest absolute Gasteiger partial charge is 0.467 e. The third-order valence-electron chi connectivity index (χ3n) is 4.29. The lowest BCUT2D eigenvalue weighted by Crippen LogP contribution is -2.36. The van der Waals surface area contributed by atoms with Gasteiger partial charge in [-0.2, -0.15) is 0 Å². The van der Waals surface area contributed by atoms with E-state index in [0.717, 1.165) is 42.7 Å². The standard InChI is InChI=1S/C17H24N4O2S/c1-4-20(5-2)16(22)12(3)24-17-19-18-15(13-8-9-13)21(17)11-14-7-6-10-23-14/h6-7,10,12-13H,4-5,8-9,11H2,1-3H3. The summed E-state index contributed by atoms with van der Waals surface area (Å²) in [5, 5.41) is 9.35. The molecule has 0 spiro atoms. The van der Waals surface area contributed by atoms with E-state index in [2.05, 4.69) is 14.8 Å². The fourth-order valence-electron chi connectivity index (χ4n) is 2.74. The fourth-order valence-corrected chi connectivity index (χ4v) is 3.68. The third-order valence-corrected chi connectivity index (χ3v) is 5.36. The summed E-state index contributed by atoms with van der Waals surface area (Å²) >= 11 is 1.48. The van der Waals surface area contributed by atoms with Crippen LogP contribution in [-0.4, -0.2) is 43.9 Å². The summed E-state index contributed by atoms with van der Waals surface area (Å²) in [6.45, 7) is 8.01. The second-order valence-electron chi connectivity index (χ2n) is 6.05. The monoisotopic (exact) mass is 348 g/mol. The zero-order chi connectivity index (χ0) is 17.1. The molecule has 24 heavy (non-hydrogen) atoms. The molecule has 0 aliphatic heterocycles. The number of carbonyl (C=O) groups excluding carboxylic acids is 1. The number of thioether (sulfide) groups is 1. The average Bonchev–Trinajstić information content (AvgIpc) is 3.16. The van der Waals surface area contributed by atoms with Gasteiger partial charge in [-0.3, -0.25) is 9.36 Å². The minimum Gasteiger partial charge on any atom is -0.467 e. The Labute approximate surface area is 146 Å². The van der Waals surface area contributed by atoms with Gasteiger partial charge in [-0.1, -0.05) is 11.8 Å². The van der Waals surface area contributed by atoms with Gasteiger partial charge in [-0.25, -0.2) is 0 Å². The summed E-state index contributed by atoms with van der Waals surface area (Å²) < 4.78 is 7.59. The molecule has 0 bridgehead atoms. The highest BCUT2D eigenvalue weighted by Gasteiger charge is 2.31. The van der Waals surface area contributed by atoms with Crippen molar-refractivity contribution in [3.05, 3.63) is 30.0 Å². The molecule has 3 rings (SSSR count). The molecule has 1 aliphatic rings. The molecule has 1 fully saturated rings. The van der Waals surface area contributed by atoms with Gasteiger partial charge in [-0.15, -0.1) is 10.2 Å². The van der Waals surface area contributed by atoms with Gasteiger partial charge in [0.25, 0.3) is 0 Å². The smallest absolute Gasteiger partial charge is 0.235 e. The highest BCUT2D eigenvalue weighted by atomic mass is 32.2. The molecule has 0 aromatic carbocycles. The van der Waals surface area contributed by atoms with Crippen LogP contribution in [0.15, 0.2) is 28.0 Å². The second-order valence-corrected chi connectivity index (χ2v) is 7.36. The van der Waals surface area contributed by atoms with Crippen LogP contribution in [-0.2, 0) is 11.3 Å². The zero-order valence-corrected chi connectivity index (χ0v) is 15.3. The lowest BCUT2D eigenvalue weighted by molar-refractivity contribution is -0.129. The minimum absolute atomic E-state index is 0.144. The van der Waals surface area contributed by atoms with Crippen molar-refractivity contribution in [2.24, 2.45) is 0 Å². The molecule has 1 aliphatic carbocycles. The van der Waals surface area contributed by atoms with Gasteiger partial charge in [0.05, 0.1) is 18.1 Å². The molecule has 2 aromatic rings. The van der Waals surface area contributed by atoms with Crippen molar-refractivity contribution in [1.29, 1.82) is 0 Å². The maximum absolute atomic E-state index is 12.5. The Morgan fingerprint density at radius 1 is 1.42 bits per heavy atom. The first kappa shape index (κ1) is 17.1. The molecule has 1 amide bonds. The fraction of sp³-hybridized carbons (Fsp3) is 0.588. The molecule has 1 unspecified atom stereocenters. The van der Waals surface area contributed by atoms with Gasteiger partial charge in [0, 0.05) is 19.0 Å². The summed E-state index contributed by atoms with van der Waals surface area (Å²) in [6, 6.07) is 3.84. The Kier molecular flexibility index (Phi) is 5.28. The first-order chi connectivity index (χ1) is 11.6. The molecule has 0 saturated heterocycles. The van der Waals surface area contributed by atoms with Gasteiger partial charge >= 0.3 is 0 Å². The Bertz CT molecular complexity index is 675. The van der Waals surface area contributed by atoms with Gasteiger partial charge in [0.15, 0.2) is 5.16 Å². The Morgan fingerprint density at radius 3 is 2.75 bits per heavy atom. The summed E-state index contributed by atoms with van der Waals surface area (Å²) in [4.78, 5) is 14.4. The first-order valence-corrected chi connectivity index (χ1v) is 9.42. The SMILES string of the molecule is CCN(CC)C(=O)C(C)Sc1nnc(C2CC2)n1Cc1ccco1. The van der Waals surface area contributed by atoms with Crippen LogP contribution in [0.1, 0.15) is 51.1 Å². The molecular formula is C17H24N4O2S. The number of aromatic nitrogens is 3. The lowest BCUT2D eigenvalue weighted by Gasteiger charge is -2.22. The quantitative estimate of drug-likeness (QED) is 0.686. The van der Waals surface area contributed by atoms with Crippen LogP contribution in [0.25, 0.3) is 0 Å². The summed E-state index contributed by atoms with van der Waals surface area (Å²) in [6.07, 6.45) is 4.00. The van der Waals surface area contributed by atoms with Crippen molar-refractivity contribution in [3.8, 4) is 0 Å². The van der Waals surface area contributed by atoms with E-state index >= 15 is 0 Å². The Hall–Kier alpha value is -1.76. The molecule has 1 saturated carbocycles. The number of amides is 1. The van der Waals surface area contributed by atoms with E-state index in [1.807, 2.05) is 37.8 Å². The molecule has 7 heteroatoms. The number of hydrogen-bond acceptors (Lipinski definition) is 5. The van der Waals surface area contributed by atoms with Crippen molar-refractivity contribution in [2.75, 3.05) is 13.1 Å². The number of nitrogens with zero attached hydrogens (tertiary/aromatic N) is 4. The van der Waals surface area contributed by atoms with E-state index < -0.39 is 0 Å². The van der Waals surface area contributed by atoms with E-state index in [9.17, 15) is 4.79 Å². The highest BCUT2D eigenvalue weighted by Crippen LogP contribution is 2.40. The highest BCUT2D eigenvalue weighted by molar-refractivity contribution is 8.00. The van der Waals surface area contributed by atoms with Crippen molar-refractivity contribution >= 4 is 17.7 Å². The molecule has 0 radical (unpaired) electrons. The van der Waals surface area contributed by atoms with Gasteiger partial charge < -0.3 is 9.32 Å². The lowest BCUT2D eigenvalue weighted by atomic mass is 10.3. The normalized spacial score (nSPS) is 15.5. The third kappa shape index (κ3) is 3.66. The predicted molar refractivity (Wildman–Crippen MR) is 93.1 cm³/mol. The first-order valence-electron chi connectivity index (χ1n) is 8.54. The Morgan fingerprint density at radius 2 is 2.17 bits per heavy atom. The van der Waals surface area contributed by atoms with E-state index in [4.69, 9.17) is 4.42 Å². The topological polar surface area (TPSA) is 64.2 Å². The van der Waals surface area contributed by atoms with Crippen LogP contribution in [0.5, 0.6) is 0 Å². The van der Waals surface area contributed by atoms with Crippen LogP contribution in [0.3, 0.4) is 0 Å². The van der Waals surface area contributed by atoms with Crippen LogP contribution in [0, 0.1) is 0 Å². The summed E-state index contributed by atoms with van der Waals surface area (Å²) in [5.74, 6) is 2.53. The van der Waals surface area contributed by atoms with E-state index in [1.54, 1.807) is 6.26 Å². The summed E-state index contributed by atoms with van der Waals surface area (Å²) in [7, 11) is 0. The number of carbonyl (C=O) groups is 1. The van der Waals surface area contributed by atoms with Gasteiger partial charge in [0.1, 0.15) is 11.6 Å². The van der Waals surface area contributed by atoms with Gasteiger partial charge in [-0.05, 0) is 45.7 Å².